The third-order valence-corrected chi connectivity index (χ3v) is 4.86. The van der Waals surface area contributed by atoms with Crippen LogP contribution in [0.25, 0.3) is 0 Å². The average molecular weight is 367 g/mol. The molecule has 0 spiro atoms. The molecular formula is C19H28ClFN4. The number of piperidine rings is 1. The minimum absolute atomic E-state index is 0. The Morgan fingerprint density at radius 1 is 1.12 bits per heavy atom. The van der Waals surface area contributed by atoms with Crippen molar-refractivity contribution in [2.24, 2.45) is 5.92 Å². The molecule has 2 heterocycles. The van der Waals surface area contributed by atoms with Crippen LogP contribution in [0.1, 0.15) is 30.4 Å². The SMILES string of the molecule is CNCCC1CCN(Cc2cnn(Cc3ccc(F)cc3)c2)CC1.Cl. The van der Waals surface area contributed by atoms with Crippen molar-refractivity contribution in [3.05, 3.63) is 53.6 Å². The Kier molecular flexibility index (Phi) is 7.88. The van der Waals surface area contributed by atoms with Gasteiger partial charge in [-0.3, -0.25) is 9.58 Å². The minimum Gasteiger partial charge on any atom is -0.320 e. The van der Waals surface area contributed by atoms with Crippen molar-refractivity contribution in [1.29, 1.82) is 0 Å². The molecule has 0 bridgehead atoms. The van der Waals surface area contributed by atoms with Gasteiger partial charge in [0.1, 0.15) is 5.82 Å². The van der Waals surface area contributed by atoms with E-state index in [0.29, 0.717) is 6.54 Å². The van der Waals surface area contributed by atoms with Gasteiger partial charge in [0.15, 0.2) is 0 Å². The third-order valence-electron chi connectivity index (χ3n) is 4.86. The number of likely N-dealkylation sites (tertiary alicyclic amines) is 1. The van der Waals surface area contributed by atoms with E-state index in [1.807, 2.05) is 30.1 Å². The van der Waals surface area contributed by atoms with Crippen LogP contribution in [-0.4, -0.2) is 41.4 Å². The van der Waals surface area contributed by atoms with Crippen LogP contribution >= 0.6 is 12.4 Å². The smallest absolute Gasteiger partial charge is 0.123 e. The highest BCUT2D eigenvalue weighted by Crippen LogP contribution is 2.21. The standard InChI is InChI=1S/C19H27FN4.ClH/c1-21-9-6-16-7-10-23(11-8-16)13-18-12-22-24(15-18)14-17-2-4-19(20)5-3-17;/h2-5,12,15-16,21H,6-11,13-14H2,1H3;1H. The van der Waals surface area contributed by atoms with E-state index < -0.39 is 0 Å². The van der Waals surface area contributed by atoms with Gasteiger partial charge in [-0.25, -0.2) is 4.39 Å². The van der Waals surface area contributed by atoms with E-state index in [1.165, 1.54) is 50.0 Å². The molecule has 0 atom stereocenters. The van der Waals surface area contributed by atoms with Crippen LogP contribution in [0.5, 0.6) is 0 Å². The van der Waals surface area contributed by atoms with Gasteiger partial charge in [-0.2, -0.15) is 5.10 Å². The number of hydrogen-bond acceptors (Lipinski definition) is 3. The highest BCUT2D eigenvalue weighted by molar-refractivity contribution is 5.85. The number of hydrogen-bond donors (Lipinski definition) is 1. The predicted molar refractivity (Wildman–Crippen MR) is 102 cm³/mol. The summed E-state index contributed by atoms with van der Waals surface area (Å²) in [5, 5.41) is 7.69. The van der Waals surface area contributed by atoms with Crippen LogP contribution in [0.4, 0.5) is 4.39 Å². The Morgan fingerprint density at radius 3 is 2.52 bits per heavy atom. The van der Waals surface area contributed by atoms with Gasteiger partial charge in [0.2, 0.25) is 0 Å². The quantitative estimate of drug-likeness (QED) is 0.816. The molecule has 0 saturated carbocycles. The Morgan fingerprint density at radius 2 is 1.84 bits per heavy atom. The molecule has 1 aliphatic rings. The molecule has 138 valence electrons. The fourth-order valence-corrected chi connectivity index (χ4v) is 3.39. The maximum absolute atomic E-state index is 13.0. The third kappa shape index (κ3) is 6.10. The summed E-state index contributed by atoms with van der Waals surface area (Å²) >= 11 is 0. The molecule has 1 aromatic carbocycles. The first kappa shape index (κ1) is 19.9. The lowest BCUT2D eigenvalue weighted by Gasteiger charge is -2.31. The van der Waals surface area contributed by atoms with Crippen molar-refractivity contribution < 1.29 is 4.39 Å². The van der Waals surface area contributed by atoms with E-state index >= 15 is 0 Å². The Balaban J connectivity index is 0.00000225. The summed E-state index contributed by atoms with van der Waals surface area (Å²) in [6.07, 6.45) is 7.95. The molecule has 1 N–H and O–H groups in total. The molecule has 0 aliphatic carbocycles. The second kappa shape index (κ2) is 9.90. The number of nitrogens with one attached hydrogen (secondary N) is 1. The van der Waals surface area contributed by atoms with Crippen LogP contribution in [0, 0.1) is 11.7 Å². The van der Waals surface area contributed by atoms with Crippen molar-refractivity contribution in [3.63, 3.8) is 0 Å². The zero-order valence-electron chi connectivity index (χ0n) is 14.8. The molecule has 1 saturated heterocycles. The molecule has 0 amide bonds. The van der Waals surface area contributed by atoms with Crippen LogP contribution in [0.15, 0.2) is 36.7 Å². The Labute approximate surface area is 155 Å². The fourth-order valence-electron chi connectivity index (χ4n) is 3.39. The molecule has 4 nitrogen and oxygen atoms in total. The molecule has 1 aliphatic heterocycles. The first-order chi connectivity index (χ1) is 11.7. The maximum atomic E-state index is 13.0. The lowest BCUT2D eigenvalue weighted by Crippen LogP contribution is -2.33. The first-order valence-corrected chi connectivity index (χ1v) is 8.85. The summed E-state index contributed by atoms with van der Waals surface area (Å²) in [7, 11) is 2.03. The zero-order valence-corrected chi connectivity index (χ0v) is 15.6. The number of benzene rings is 1. The van der Waals surface area contributed by atoms with Crippen LogP contribution in [0.3, 0.4) is 0 Å². The van der Waals surface area contributed by atoms with Crippen molar-refractivity contribution in [1.82, 2.24) is 20.0 Å². The van der Waals surface area contributed by atoms with Gasteiger partial charge in [0.25, 0.3) is 0 Å². The van der Waals surface area contributed by atoms with Gasteiger partial charge in [0, 0.05) is 18.3 Å². The predicted octanol–water partition coefficient (Wildman–Crippen LogP) is 3.31. The minimum atomic E-state index is -0.196. The van der Waals surface area contributed by atoms with Crippen LogP contribution in [0.2, 0.25) is 0 Å². The first-order valence-electron chi connectivity index (χ1n) is 8.85. The highest BCUT2D eigenvalue weighted by Gasteiger charge is 2.19. The van der Waals surface area contributed by atoms with E-state index in [1.54, 1.807) is 0 Å². The number of rotatable bonds is 7. The van der Waals surface area contributed by atoms with Crippen molar-refractivity contribution in [2.75, 3.05) is 26.7 Å². The van der Waals surface area contributed by atoms with E-state index in [-0.39, 0.29) is 18.2 Å². The molecule has 0 radical (unpaired) electrons. The van der Waals surface area contributed by atoms with E-state index in [4.69, 9.17) is 0 Å². The summed E-state index contributed by atoms with van der Waals surface area (Å²) in [5.41, 5.74) is 2.32. The topological polar surface area (TPSA) is 33.1 Å². The van der Waals surface area contributed by atoms with Gasteiger partial charge >= 0.3 is 0 Å². The summed E-state index contributed by atoms with van der Waals surface area (Å²) in [6.45, 7) is 5.14. The van der Waals surface area contributed by atoms with Gasteiger partial charge in [-0.05, 0) is 69.6 Å². The summed E-state index contributed by atoms with van der Waals surface area (Å²) < 4.78 is 14.9. The van der Waals surface area contributed by atoms with E-state index in [9.17, 15) is 4.39 Å². The molecule has 25 heavy (non-hydrogen) atoms. The van der Waals surface area contributed by atoms with E-state index in [0.717, 1.165) is 24.6 Å². The number of halogens is 2. The fraction of sp³-hybridized carbons (Fsp3) is 0.526. The molecular weight excluding hydrogens is 339 g/mol. The summed E-state index contributed by atoms with van der Waals surface area (Å²) in [5.74, 6) is 0.674. The second-order valence-corrected chi connectivity index (χ2v) is 6.78. The van der Waals surface area contributed by atoms with Crippen molar-refractivity contribution >= 4 is 12.4 Å². The van der Waals surface area contributed by atoms with Gasteiger partial charge in [-0.15, -0.1) is 12.4 Å². The average Bonchev–Trinajstić information content (AvgIpc) is 3.03. The lowest BCUT2D eigenvalue weighted by atomic mass is 9.93. The second-order valence-electron chi connectivity index (χ2n) is 6.78. The van der Waals surface area contributed by atoms with Crippen molar-refractivity contribution in [2.45, 2.75) is 32.4 Å². The largest absolute Gasteiger partial charge is 0.320 e. The normalized spacial score (nSPS) is 15.9. The van der Waals surface area contributed by atoms with Gasteiger partial charge in [0.05, 0.1) is 12.7 Å². The highest BCUT2D eigenvalue weighted by atomic mass is 35.5. The van der Waals surface area contributed by atoms with Gasteiger partial charge in [-0.1, -0.05) is 12.1 Å². The number of nitrogens with zero attached hydrogens (tertiary/aromatic N) is 3. The molecule has 1 aromatic heterocycles. The van der Waals surface area contributed by atoms with Crippen molar-refractivity contribution in [3.8, 4) is 0 Å². The summed E-state index contributed by atoms with van der Waals surface area (Å²) in [4.78, 5) is 2.52. The lowest BCUT2D eigenvalue weighted by molar-refractivity contribution is 0.172. The van der Waals surface area contributed by atoms with Crippen LogP contribution < -0.4 is 5.32 Å². The molecule has 6 heteroatoms. The molecule has 3 rings (SSSR count). The number of aromatic nitrogens is 2. The van der Waals surface area contributed by atoms with E-state index in [2.05, 4.69) is 21.5 Å². The molecule has 1 fully saturated rings. The Hall–Kier alpha value is -1.43. The monoisotopic (exact) mass is 366 g/mol. The van der Waals surface area contributed by atoms with Gasteiger partial charge < -0.3 is 5.32 Å². The summed E-state index contributed by atoms with van der Waals surface area (Å²) in [6, 6.07) is 6.62. The Bertz CT molecular complexity index is 621. The molecule has 2 aromatic rings. The zero-order chi connectivity index (χ0) is 16.8. The van der Waals surface area contributed by atoms with Crippen LogP contribution in [-0.2, 0) is 13.1 Å². The maximum Gasteiger partial charge on any atom is 0.123 e. The molecule has 0 unspecified atom stereocenters.